The molecule has 1 aromatic heterocycles. The Labute approximate surface area is 164 Å². The largest absolute Gasteiger partial charge is 0.497 e. The molecule has 2 aromatic rings. The SMILES string of the molecule is COC(=O)[C@H](NC(=O)N1CCc2[nH]cnc2[C@@H]1c1cccc(OC)c1)C(C)C. The Balaban J connectivity index is 1.94. The second-order valence-corrected chi connectivity index (χ2v) is 7.08. The van der Waals surface area contributed by atoms with Gasteiger partial charge in [0.25, 0.3) is 0 Å². The number of benzene rings is 1. The maximum absolute atomic E-state index is 13.1. The number of esters is 1. The number of aromatic amines is 1. The van der Waals surface area contributed by atoms with Crippen molar-refractivity contribution in [2.24, 2.45) is 5.92 Å². The highest BCUT2D eigenvalue weighted by Gasteiger charge is 2.36. The van der Waals surface area contributed by atoms with Gasteiger partial charge in [0.1, 0.15) is 17.8 Å². The molecule has 0 spiro atoms. The average molecular weight is 386 g/mol. The molecule has 1 aromatic carbocycles. The third-order valence-electron chi connectivity index (χ3n) is 5.00. The Morgan fingerprint density at radius 1 is 1.32 bits per heavy atom. The molecule has 1 aliphatic rings. The van der Waals surface area contributed by atoms with E-state index in [0.29, 0.717) is 18.7 Å². The van der Waals surface area contributed by atoms with Crippen molar-refractivity contribution in [3.8, 4) is 5.75 Å². The van der Waals surface area contributed by atoms with Gasteiger partial charge in [-0.1, -0.05) is 26.0 Å². The first-order valence-corrected chi connectivity index (χ1v) is 9.27. The van der Waals surface area contributed by atoms with Crippen LogP contribution in [0.5, 0.6) is 5.75 Å². The van der Waals surface area contributed by atoms with Crippen LogP contribution in [0, 0.1) is 5.92 Å². The topological polar surface area (TPSA) is 96.6 Å². The summed E-state index contributed by atoms with van der Waals surface area (Å²) in [6.07, 6.45) is 2.30. The number of hydrogen-bond donors (Lipinski definition) is 2. The Morgan fingerprint density at radius 2 is 2.11 bits per heavy atom. The van der Waals surface area contributed by atoms with Gasteiger partial charge in [0, 0.05) is 18.7 Å². The number of fused-ring (bicyclic) bond motifs is 1. The van der Waals surface area contributed by atoms with Crippen LogP contribution in [-0.4, -0.2) is 53.7 Å². The molecular weight excluding hydrogens is 360 g/mol. The number of ether oxygens (including phenoxy) is 2. The van der Waals surface area contributed by atoms with Crippen molar-refractivity contribution >= 4 is 12.0 Å². The van der Waals surface area contributed by atoms with Crippen molar-refractivity contribution in [2.75, 3.05) is 20.8 Å². The van der Waals surface area contributed by atoms with E-state index in [1.165, 1.54) is 7.11 Å². The summed E-state index contributed by atoms with van der Waals surface area (Å²) in [6, 6.07) is 6.15. The van der Waals surface area contributed by atoms with Crippen LogP contribution in [0.25, 0.3) is 0 Å². The van der Waals surface area contributed by atoms with Crippen LogP contribution in [0.2, 0.25) is 0 Å². The van der Waals surface area contributed by atoms with Gasteiger partial charge in [-0.25, -0.2) is 14.6 Å². The van der Waals surface area contributed by atoms with Gasteiger partial charge < -0.3 is 24.7 Å². The highest BCUT2D eigenvalue weighted by molar-refractivity contribution is 5.84. The molecule has 2 atom stereocenters. The fourth-order valence-corrected chi connectivity index (χ4v) is 3.49. The number of H-pyrrole nitrogens is 1. The van der Waals surface area contributed by atoms with Crippen molar-refractivity contribution in [1.29, 1.82) is 0 Å². The number of imidazole rings is 1. The first kappa shape index (κ1) is 19.7. The molecule has 0 bridgehead atoms. The molecule has 28 heavy (non-hydrogen) atoms. The lowest BCUT2D eigenvalue weighted by Gasteiger charge is -2.36. The number of amides is 2. The predicted molar refractivity (Wildman–Crippen MR) is 103 cm³/mol. The van der Waals surface area contributed by atoms with Crippen LogP contribution in [0.4, 0.5) is 4.79 Å². The first-order chi connectivity index (χ1) is 13.5. The molecule has 0 saturated carbocycles. The van der Waals surface area contributed by atoms with Gasteiger partial charge in [-0.05, 0) is 23.6 Å². The molecule has 2 amide bonds. The second kappa shape index (κ2) is 8.33. The van der Waals surface area contributed by atoms with Crippen molar-refractivity contribution < 1.29 is 19.1 Å². The smallest absolute Gasteiger partial charge is 0.328 e. The minimum absolute atomic E-state index is 0.0996. The predicted octanol–water partition coefficient (Wildman–Crippen LogP) is 2.27. The summed E-state index contributed by atoms with van der Waals surface area (Å²) in [6.45, 7) is 4.22. The van der Waals surface area contributed by atoms with Crippen molar-refractivity contribution in [3.05, 3.63) is 47.5 Å². The van der Waals surface area contributed by atoms with Crippen LogP contribution in [0.3, 0.4) is 0 Å². The van der Waals surface area contributed by atoms with E-state index in [4.69, 9.17) is 9.47 Å². The third kappa shape index (κ3) is 3.81. The number of carbonyl (C=O) groups excluding carboxylic acids is 2. The van der Waals surface area contributed by atoms with Gasteiger partial charge in [-0.3, -0.25) is 0 Å². The molecule has 2 N–H and O–H groups in total. The monoisotopic (exact) mass is 386 g/mol. The molecule has 8 nitrogen and oxygen atoms in total. The number of nitrogens with zero attached hydrogens (tertiary/aromatic N) is 2. The van der Waals surface area contributed by atoms with E-state index in [-0.39, 0.29) is 18.0 Å². The number of rotatable bonds is 5. The zero-order chi connectivity index (χ0) is 20.3. The Bertz CT molecular complexity index is 848. The summed E-state index contributed by atoms with van der Waals surface area (Å²) in [5.41, 5.74) is 2.70. The van der Waals surface area contributed by atoms with Gasteiger partial charge in [0.15, 0.2) is 0 Å². The first-order valence-electron chi connectivity index (χ1n) is 9.27. The summed E-state index contributed by atoms with van der Waals surface area (Å²) < 4.78 is 10.2. The van der Waals surface area contributed by atoms with Gasteiger partial charge in [0.2, 0.25) is 0 Å². The average Bonchev–Trinajstić information content (AvgIpc) is 3.19. The molecule has 0 unspecified atom stereocenters. The Morgan fingerprint density at radius 3 is 2.79 bits per heavy atom. The Kier molecular flexibility index (Phi) is 5.87. The zero-order valence-corrected chi connectivity index (χ0v) is 16.6. The molecule has 0 radical (unpaired) electrons. The minimum atomic E-state index is -0.718. The molecule has 3 rings (SSSR count). The Hall–Kier alpha value is -3.03. The lowest BCUT2D eigenvalue weighted by atomic mass is 9.95. The van der Waals surface area contributed by atoms with E-state index >= 15 is 0 Å². The molecular formula is C20H26N4O4. The molecule has 8 heteroatoms. The number of carbonyl (C=O) groups is 2. The number of urea groups is 1. The second-order valence-electron chi connectivity index (χ2n) is 7.08. The normalized spacial score (nSPS) is 17.0. The molecule has 0 fully saturated rings. The fraction of sp³-hybridized carbons (Fsp3) is 0.450. The number of nitrogens with one attached hydrogen (secondary N) is 2. The standard InChI is InChI=1S/C20H26N4O4/c1-12(2)16(19(25)28-4)23-20(26)24-9-8-15-17(22-11-21-15)18(24)13-6-5-7-14(10-13)27-3/h5-7,10-12,16,18H,8-9H2,1-4H3,(H,21,22)(H,23,26)/t16-,18+/m1/s1. The van der Waals surface area contributed by atoms with E-state index in [0.717, 1.165) is 17.0 Å². The summed E-state index contributed by atoms with van der Waals surface area (Å²) in [5.74, 6) is 0.145. The van der Waals surface area contributed by atoms with Crippen molar-refractivity contribution in [1.82, 2.24) is 20.2 Å². The van der Waals surface area contributed by atoms with E-state index in [2.05, 4.69) is 15.3 Å². The van der Waals surface area contributed by atoms with Crippen molar-refractivity contribution in [2.45, 2.75) is 32.4 Å². The highest BCUT2D eigenvalue weighted by Crippen LogP contribution is 2.34. The minimum Gasteiger partial charge on any atom is -0.497 e. The summed E-state index contributed by atoms with van der Waals surface area (Å²) in [4.78, 5) is 34.5. The van der Waals surface area contributed by atoms with E-state index < -0.39 is 12.0 Å². The van der Waals surface area contributed by atoms with Crippen molar-refractivity contribution in [3.63, 3.8) is 0 Å². The number of aromatic nitrogens is 2. The molecule has 0 aliphatic carbocycles. The maximum Gasteiger partial charge on any atom is 0.328 e. The lowest BCUT2D eigenvalue weighted by molar-refractivity contribution is -0.144. The molecule has 2 heterocycles. The number of hydrogen-bond acceptors (Lipinski definition) is 5. The van der Waals surface area contributed by atoms with Crippen LogP contribution in [-0.2, 0) is 16.0 Å². The third-order valence-corrected chi connectivity index (χ3v) is 5.00. The molecule has 1 aliphatic heterocycles. The zero-order valence-electron chi connectivity index (χ0n) is 16.6. The highest BCUT2D eigenvalue weighted by atomic mass is 16.5. The fourth-order valence-electron chi connectivity index (χ4n) is 3.49. The van der Waals surface area contributed by atoms with Crippen LogP contribution in [0.15, 0.2) is 30.6 Å². The summed E-state index contributed by atoms with van der Waals surface area (Å²) >= 11 is 0. The lowest BCUT2D eigenvalue weighted by Crippen LogP contribution is -2.53. The van der Waals surface area contributed by atoms with Gasteiger partial charge in [-0.15, -0.1) is 0 Å². The number of methoxy groups -OCH3 is 2. The van der Waals surface area contributed by atoms with Gasteiger partial charge in [0.05, 0.1) is 26.2 Å². The quantitative estimate of drug-likeness (QED) is 0.769. The van der Waals surface area contributed by atoms with Crippen LogP contribution < -0.4 is 10.1 Å². The summed E-state index contributed by atoms with van der Waals surface area (Å²) in [7, 11) is 2.92. The van der Waals surface area contributed by atoms with Crippen LogP contribution >= 0.6 is 0 Å². The van der Waals surface area contributed by atoms with E-state index in [1.54, 1.807) is 18.3 Å². The van der Waals surface area contributed by atoms with E-state index in [9.17, 15) is 9.59 Å². The summed E-state index contributed by atoms with van der Waals surface area (Å²) in [5, 5.41) is 2.83. The maximum atomic E-state index is 13.1. The molecule has 150 valence electrons. The van der Waals surface area contributed by atoms with E-state index in [1.807, 2.05) is 38.1 Å². The van der Waals surface area contributed by atoms with Gasteiger partial charge >= 0.3 is 12.0 Å². The van der Waals surface area contributed by atoms with Gasteiger partial charge in [-0.2, -0.15) is 0 Å². The molecule has 0 saturated heterocycles. The van der Waals surface area contributed by atoms with Crippen LogP contribution in [0.1, 0.15) is 36.8 Å².